The summed E-state index contributed by atoms with van der Waals surface area (Å²) in [6.07, 6.45) is 2.37. The minimum Gasteiger partial charge on any atom is -0.261 e. The number of aromatic nitrogens is 3. The largest absolute Gasteiger partial charge is 0.261 e. The average molecular weight is 262 g/mol. The first-order valence-electron chi connectivity index (χ1n) is 5.89. The fourth-order valence-corrected chi connectivity index (χ4v) is 1.79. The van der Waals surface area contributed by atoms with Crippen LogP contribution in [0.15, 0.2) is 30.5 Å². The van der Waals surface area contributed by atoms with Gasteiger partial charge < -0.3 is 0 Å². The van der Waals surface area contributed by atoms with E-state index in [-0.39, 0.29) is 5.41 Å². The van der Waals surface area contributed by atoms with Crippen molar-refractivity contribution in [2.24, 2.45) is 0 Å². The molecule has 3 nitrogen and oxygen atoms in total. The van der Waals surface area contributed by atoms with E-state index in [1.807, 2.05) is 24.3 Å². The van der Waals surface area contributed by atoms with Gasteiger partial charge in [-0.2, -0.15) is 0 Å². The molecule has 0 spiro atoms. The second-order valence-electron chi connectivity index (χ2n) is 5.24. The summed E-state index contributed by atoms with van der Waals surface area (Å²) in [5, 5.41) is 0.487. The number of hydrogen-bond acceptors (Lipinski definition) is 3. The van der Waals surface area contributed by atoms with Crippen molar-refractivity contribution in [3.8, 4) is 0 Å². The summed E-state index contributed by atoms with van der Waals surface area (Å²) in [4.78, 5) is 13.1. The maximum atomic E-state index is 6.05. The van der Waals surface area contributed by atoms with E-state index in [0.717, 1.165) is 11.4 Å². The first-order chi connectivity index (χ1) is 8.45. The Kier molecular flexibility index (Phi) is 3.62. The number of rotatable bonds is 2. The normalized spacial score (nSPS) is 11.6. The second-order valence-corrected chi connectivity index (χ2v) is 5.63. The van der Waals surface area contributed by atoms with Gasteiger partial charge in [-0.25, -0.2) is 9.97 Å². The van der Waals surface area contributed by atoms with Crippen molar-refractivity contribution in [2.45, 2.75) is 32.6 Å². The van der Waals surface area contributed by atoms with Gasteiger partial charge in [0, 0.05) is 17.3 Å². The van der Waals surface area contributed by atoms with Crippen molar-refractivity contribution in [2.75, 3.05) is 0 Å². The van der Waals surface area contributed by atoms with E-state index < -0.39 is 0 Å². The van der Waals surface area contributed by atoms with Crippen molar-refractivity contribution >= 4 is 11.6 Å². The molecule has 0 radical (unpaired) electrons. The molecular weight excluding hydrogens is 246 g/mol. The molecule has 0 aliphatic carbocycles. The second kappa shape index (κ2) is 5.02. The molecule has 0 saturated heterocycles. The van der Waals surface area contributed by atoms with Gasteiger partial charge in [0.25, 0.3) is 0 Å². The summed E-state index contributed by atoms with van der Waals surface area (Å²) in [5.74, 6) is 0.714. The van der Waals surface area contributed by atoms with Crippen LogP contribution in [0.4, 0.5) is 0 Å². The molecule has 0 saturated carbocycles. The van der Waals surface area contributed by atoms with Gasteiger partial charge in [-0.15, -0.1) is 0 Å². The number of nitrogens with zero attached hydrogens (tertiary/aromatic N) is 3. The van der Waals surface area contributed by atoms with Crippen LogP contribution in [-0.4, -0.2) is 15.0 Å². The molecule has 0 unspecified atom stereocenters. The molecule has 0 amide bonds. The maximum absolute atomic E-state index is 6.05. The van der Waals surface area contributed by atoms with Gasteiger partial charge in [-0.1, -0.05) is 38.4 Å². The minimum absolute atomic E-state index is 0.0363. The van der Waals surface area contributed by atoms with Gasteiger partial charge in [0.1, 0.15) is 11.0 Å². The highest BCUT2D eigenvalue weighted by molar-refractivity contribution is 6.29. The van der Waals surface area contributed by atoms with Crippen molar-refractivity contribution < 1.29 is 0 Å². The monoisotopic (exact) mass is 261 g/mol. The van der Waals surface area contributed by atoms with Gasteiger partial charge in [-0.3, -0.25) is 4.98 Å². The standard InChI is InChI=1S/C14H16ClN3/c1-14(2,3)11-9-12(15)18-13(17-11)8-10-6-4-5-7-16-10/h4-7,9H,8H2,1-3H3. The Bertz CT molecular complexity index is 532. The summed E-state index contributed by atoms with van der Waals surface area (Å²) in [7, 11) is 0. The Labute approximate surface area is 112 Å². The van der Waals surface area contributed by atoms with E-state index in [4.69, 9.17) is 11.6 Å². The lowest BCUT2D eigenvalue weighted by Crippen LogP contribution is -2.15. The van der Waals surface area contributed by atoms with Gasteiger partial charge in [0.2, 0.25) is 0 Å². The molecule has 0 N–H and O–H groups in total. The zero-order valence-electron chi connectivity index (χ0n) is 10.8. The third-order valence-corrected chi connectivity index (χ3v) is 2.77. The molecular formula is C14H16ClN3. The highest BCUT2D eigenvalue weighted by Gasteiger charge is 2.17. The van der Waals surface area contributed by atoms with Crippen molar-refractivity contribution in [1.29, 1.82) is 0 Å². The Hall–Kier alpha value is -1.48. The van der Waals surface area contributed by atoms with Gasteiger partial charge >= 0.3 is 0 Å². The third-order valence-electron chi connectivity index (χ3n) is 2.57. The quantitative estimate of drug-likeness (QED) is 0.778. The zero-order chi connectivity index (χ0) is 13.2. The molecule has 4 heteroatoms. The molecule has 0 aromatic carbocycles. The molecule has 0 aliphatic rings. The molecule has 0 aliphatic heterocycles. The Balaban J connectivity index is 2.32. The summed E-state index contributed by atoms with van der Waals surface area (Å²) in [5.41, 5.74) is 1.86. The number of pyridine rings is 1. The predicted molar refractivity (Wildman–Crippen MR) is 72.8 cm³/mol. The molecule has 0 bridgehead atoms. The van der Waals surface area contributed by atoms with Crippen LogP contribution in [0.3, 0.4) is 0 Å². The van der Waals surface area contributed by atoms with Crippen LogP contribution in [0.2, 0.25) is 5.15 Å². The topological polar surface area (TPSA) is 38.7 Å². The summed E-state index contributed by atoms with van der Waals surface area (Å²) in [6.45, 7) is 6.32. The molecule has 0 atom stereocenters. The van der Waals surface area contributed by atoms with E-state index in [2.05, 4.69) is 35.7 Å². The fourth-order valence-electron chi connectivity index (χ4n) is 1.59. The van der Waals surface area contributed by atoms with Crippen LogP contribution in [0.1, 0.15) is 38.0 Å². The smallest absolute Gasteiger partial charge is 0.136 e. The van der Waals surface area contributed by atoms with E-state index in [0.29, 0.717) is 17.4 Å². The lowest BCUT2D eigenvalue weighted by atomic mass is 9.92. The van der Waals surface area contributed by atoms with Crippen molar-refractivity contribution in [3.63, 3.8) is 0 Å². The lowest BCUT2D eigenvalue weighted by molar-refractivity contribution is 0.562. The third kappa shape index (κ3) is 3.26. The molecule has 2 rings (SSSR count). The van der Waals surface area contributed by atoms with Crippen LogP contribution >= 0.6 is 11.6 Å². The first kappa shape index (κ1) is 13.0. The summed E-state index contributed by atoms with van der Waals surface area (Å²) >= 11 is 6.05. The molecule has 2 aromatic rings. The molecule has 0 fully saturated rings. The average Bonchev–Trinajstić information content (AvgIpc) is 2.28. The lowest BCUT2D eigenvalue weighted by Gasteiger charge is -2.18. The SMILES string of the molecule is CC(C)(C)c1cc(Cl)nc(Cc2ccccn2)n1. The van der Waals surface area contributed by atoms with Crippen molar-refractivity contribution in [1.82, 2.24) is 15.0 Å². The minimum atomic E-state index is -0.0363. The molecule has 18 heavy (non-hydrogen) atoms. The van der Waals surface area contributed by atoms with E-state index in [9.17, 15) is 0 Å². The van der Waals surface area contributed by atoms with E-state index in [1.54, 1.807) is 6.20 Å². The molecule has 2 aromatic heterocycles. The number of halogens is 1. The molecule has 94 valence electrons. The Morgan fingerprint density at radius 1 is 1.17 bits per heavy atom. The van der Waals surface area contributed by atoms with Crippen LogP contribution in [0.25, 0.3) is 0 Å². The predicted octanol–water partition coefficient (Wildman–Crippen LogP) is 3.41. The van der Waals surface area contributed by atoms with Crippen LogP contribution < -0.4 is 0 Å². The fraction of sp³-hybridized carbons (Fsp3) is 0.357. The first-order valence-corrected chi connectivity index (χ1v) is 6.27. The van der Waals surface area contributed by atoms with Gasteiger partial charge in [0.05, 0.1) is 12.1 Å². The van der Waals surface area contributed by atoms with Crippen molar-refractivity contribution in [3.05, 3.63) is 52.8 Å². The zero-order valence-corrected chi connectivity index (χ0v) is 11.6. The van der Waals surface area contributed by atoms with Crippen LogP contribution in [-0.2, 0) is 11.8 Å². The Morgan fingerprint density at radius 2 is 1.94 bits per heavy atom. The van der Waals surface area contributed by atoms with Gasteiger partial charge in [0.15, 0.2) is 0 Å². The Morgan fingerprint density at radius 3 is 2.56 bits per heavy atom. The maximum Gasteiger partial charge on any atom is 0.136 e. The van der Waals surface area contributed by atoms with E-state index in [1.165, 1.54) is 0 Å². The highest BCUT2D eigenvalue weighted by Crippen LogP contribution is 2.22. The highest BCUT2D eigenvalue weighted by atomic mass is 35.5. The van der Waals surface area contributed by atoms with Crippen LogP contribution in [0.5, 0.6) is 0 Å². The van der Waals surface area contributed by atoms with E-state index >= 15 is 0 Å². The van der Waals surface area contributed by atoms with Gasteiger partial charge in [-0.05, 0) is 18.2 Å². The summed E-state index contributed by atoms with van der Waals surface area (Å²) in [6, 6.07) is 7.63. The summed E-state index contributed by atoms with van der Waals surface area (Å²) < 4.78 is 0. The molecule has 2 heterocycles. The van der Waals surface area contributed by atoms with Crippen LogP contribution in [0, 0.1) is 0 Å². The number of hydrogen-bond donors (Lipinski definition) is 0.